The first-order valence-corrected chi connectivity index (χ1v) is 12.1. The predicted octanol–water partition coefficient (Wildman–Crippen LogP) is 7.82. The van der Waals surface area contributed by atoms with Gasteiger partial charge >= 0.3 is 0 Å². The number of nitrogens with one attached hydrogen (secondary N) is 1. The van der Waals surface area contributed by atoms with E-state index in [1.165, 1.54) is 16.8 Å². The third-order valence-corrected chi connectivity index (χ3v) is 6.92. The van der Waals surface area contributed by atoms with Gasteiger partial charge in [-0.25, -0.2) is 0 Å². The Hall–Kier alpha value is -2.85. The summed E-state index contributed by atoms with van der Waals surface area (Å²) in [5.74, 6) is 1.93. The molecule has 0 amide bonds. The number of ether oxygens (including phenoxy) is 1. The maximum absolute atomic E-state index is 5.72. The number of hydrogen-bond donors (Lipinski definition) is 1. The molecule has 1 heterocycles. The van der Waals surface area contributed by atoms with Crippen molar-refractivity contribution in [3.05, 3.63) is 100 Å². The van der Waals surface area contributed by atoms with Gasteiger partial charge < -0.3 is 10.1 Å². The van der Waals surface area contributed by atoms with E-state index in [1.54, 1.807) is 0 Å². The average molecular weight is 487 g/mol. The van der Waals surface area contributed by atoms with Gasteiger partial charge in [-0.1, -0.05) is 49.4 Å². The lowest BCUT2D eigenvalue weighted by atomic mass is 9.77. The van der Waals surface area contributed by atoms with Gasteiger partial charge in [-0.3, -0.25) is 4.99 Å². The van der Waals surface area contributed by atoms with Gasteiger partial charge in [-0.05, 0) is 87.8 Å². The molecule has 32 heavy (non-hydrogen) atoms. The van der Waals surface area contributed by atoms with E-state index in [1.807, 2.05) is 24.4 Å². The minimum absolute atomic E-state index is 0.314. The molecule has 0 fully saturated rings. The molecule has 162 valence electrons. The lowest BCUT2D eigenvalue weighted by Gasteiger charge is -2.37. The quantitative estimate of drug-likeness (QED) is 0.284. The molecule has 3 nitrogen and oxygen atoms in total. The van der Waals surface area contributed by atoms with Gasteiger partial charge in [0.25, 0.3) is 0 Å². The fraction of sp³-hybridized carbons (Fsp3) is 0.250. The van der Waals surface area contributed by atoms with E-state index in [0.29, 0.717) is 17.9 Å². The lowest BCUT2D eigenvalue weighted by Crippen LogP contribution is -2.28. The van der Waals surface area contributed by atoms with E-state index in [-0.39, 0.29) is 0 Å². The van der Waals surface area contributed by atoms with Crippen LogP contribution in [-0.4, -0.2) is 12.8 Å². The van der Waals surface area contributed by atoms with Crippen molar-refractivity contribution < 1.29 is 4.74 Å². The summed E-state index contributed by atoms with van der Waals surface area (Å²) in [5.41, 5.74) is 5.98. The van der Waals surface area contributed by atoms with Gasteiger partial charge in [0.05, 0.1) is 22.8 Å². The summed E-state index contributed by atoms with van der Waals surface area (Å²) < 4.78 is 6.68. The van der Waals surface area contributed by atoms with Crippen molar-refractivity contribution in [2.24, 2.45) is 10.9 Å². The molecule has 4 heteroatoms. The molecule has 3 atom stereocenters. The highest BCUT2D eigenvalue weighted by molar-refractivity contribution is 9.10. The monoisotopic (exact) mass is 486 g/mol. The molecule has 0 aromatic heterocycles. The molecule has 3 aromatic rings. The van der Waals surface area contributed by atoms with Crippen LogP contribution in [0.1, 0.15) is 48.4 Å². The van der Waals surface area contributed by atoms with E-state index >= 15 is 0 Å². The number of halogens is 1. The molecule has 0 bridgehead atoms. The average Bonchev–Trinajstić information content (AvgIpc) is 3.32. The van der Waals surface area contributed by atoms with Crippen molar-refractivity contribution in [1.82, 2.24) is 0 Å². The van der Waals surface area contributed by atoms with E-state index in [4.69, 9.17) is 4.74 Å². The molecule has 2 aliphatic rings. The molecule has 0 saturated carbocycles. The number of benzene rings is 3. The highest BCUT2D eigenvalue weighted by Gasteiger charge is 2.37. The van der Waals surface area contributed by atoms with Crippen molar-refractivity contribution in [2.75, 3.05) is 11.9 Å². The maximum Gasteiger partial charge on any atom is 0.133 e. The first-order valence-electron chi connectivity index (χ1n) is 11.3. The van der Waals surface area contributed by atoms with Crippen LogP contribution in [0.3, 0.4) is 0 Å². The fourth-order valence-electron chi connectivity index (χ4n) is 4.72. The maximum atomic E-state index is 5.72. The van der Waals surface area contributed by atoms with Crippen LogP contribution in [0, 0.1) is 5.92 Å². The van der Waals surface area contributed by atoms with Gasteiger partial charge in [0.2, 0.25) is 0 Å². The molecule has 0 unspecified atom stereocenters. The topological polar surface area (TPSA) is 33.6 Å². The van der Waals surface area contributed by atoms with Crippen LogP contribution in [0.5, 0.6) is 5.75 Å². The van der Waals surface area contributed by atoms with E-state index in [0.717, 1.165) is 40.9 Å². The van der Waals surface area contributed by atoms with Crippen LogP contribution >= 0.6 is 15.9 Å². The number of nitrogens with zero attached hydrogens (tertiary/aromatic N) is 1. The van der Waals surface area contributed by atoms with Crippen molar-refractivity contribution in [1.29, 1.82) is 0 Å². The van der Waals surface area contributed by atoms with Crippen molar-refractivity contribution in [3.8, 4) is 5.75 Å². The zero-order valence-corrected chi connectivity index (χ0v) is 19.8. The highest BCUT2D eigenvalue weighted by atomic mass is 79.9. The summed E-state index contributed by atoms with van der Waals surface area (Å²) in [6, 6.07) is 23.7. The first kappa shape index (κ1) is 21.0. The summed E-state index contributed by atoms with van der Waals surface area (Å²) in [6.07, 6.45) is 8.72. The molecule has 0 radical (unpaired) electrons. The number of aliphatic imine (C=N–C) groups is 1. The summed E-state index contributed by atoms with van der Waals surface area (Å²) in [7, 11) is 0. The van der Waals surface area contributed by atoms with Crippen molar-refractivity contribution in [3.63, 3.8) is 0 Å². The Morgan fingerprint density at radius 1 is 1.09 bits per heavy atom. The third-order valence-electron chi connectivity index (χ3n) is 6.30. The minimum Gasteiger partial charge on any atom is -0.492 e. The third kappa shape index (κ3) is 4.24. The minimum atomic E-state index is 0.314. The largest absolute Gasteiger partial charge is 0.492 e. The van der Waals surface area contributed by atoms with Gasteiger partial charge in [-0.15, -0.1) is 0 Å². The molecule has 1 aliphatic carbocycles. The first-order chi connectivity index (χ1) is 15.7. The second-order valence-electron chi connectivity index (χ2n) is 8.45. The predicted molar refractivity (Wildman–Crippen MR) is 136 cm³/mol. The lowest BCUT2D eigenvalue weighted by molar-refractivity contribution is 0.315. The van der Waals surface area contributed by atoms with E-state index in [9.17, 15) is 0 Å². The standard InChI is InChI=1S/C28H27BrN2O/c1-2-16-32-27-15-10-19(17-25(27)29)18-30-21-13-11-20(12-14-21)28-24-8-5-7-22(24)23-6-3-4-9-26(23)31-28/h3-7,9-15,17-18,22,24,28,31H,2,8,16H2,1H3/t22-,24-,28-/m0/s1. The molecular formula is C28H27BrN2O. The normalized spacial score (nSPS) is 21.2. The summed E-state index contributed by atoms with van der Waals surface area (Å²) in [5, 5.41) is 3.79. The van der Waals surface area contributed by atoms with Crippen LogP contribution < -0.4 is 10.1 Å². The number of para-hydroxylation sites is 1. The SMILES string of the molecule is CCCOc1ccc(C=Nc2ccc([C@@H]3Nc4ccccc4[C@@H]4C=CC[C@@H]43)cc2)cc1Br. The Labute approximate surface area is 198 Å². The van der Waals surface area contributed by atoms with Crippen LogP contribution in [0.25, 0.3) is 0 Å². The zero-order valence-electron chi connectivity index (χ0n) is 18.2. The Morgan fingerprint density at radius 3 is 2.75 bits per heavy atom. The zero-order chi connectivity index (χ0) is 21.9. The van der Waals surface area contributed by atoms with Crippen molar-refractivity contribution in [2.45, 2.75) is 31.7 Å². The fourth-order valence-corrected chi connectivity index (χ4v) is 5.23. The second-order valence-corrected chi connectivity index (χ2v) is 9.31. The number of rotatable bonds is 6. The van der Waals surface area contributed by atoms with E-state index in [2.05, 4.69) is 93.8 Å². The molecular weight excluding hydrogens is 460 g/mol. The van der Waals surface area contributed by atoms with Gasteiger partial charge in [0.15, 0.2) is 0 Å². The number of fused-ring (bicyclic) bond motifs is 3. The summed E-state index contributed by atoms with van der Waals surface area (Å²) in [4.78, 5) is 4.68. The smallest absolute Gasteiger partial charge is 0.133 e. The summed E-state index contributed by atoms with van der Waals surface area (Å²) >= 11 is 3.59. The van der Waals surface area contributed by atoms with Gasteiger partial charge in [0.1, 0.15) is 5.75 Å². The van der Waals surface area contributed by atoms with Crippen LogP contribution in [0.15, 0.2) is 88.3 Å². The number of allylic oxidation sites excluding steroid dienone is 2. The van der Waals surface area contributed by atoms with Crippen LogP contribution in [-0.2, 0) is 0 Å². The van der Waals surface area contributed by atoms with Crippen LogP contribution in [0.2, 0.25) is 0 Å². The Kier molecular flexibility index (Phi) is 6.13. The highest BCUT2D eigenvalue weighted by Crippen LogP contribution is 2.49. The molecule has 3 aromatic carbocycles. The van der Waals surface area contributed by atoms with Gasteiger partial charge in [-0.2, -0.15) is 0 Å². The molecule has 1 N–H and O–H groups in total. The molecule has 0 spiro atoms. The second kappa shape index (κ2) is 9.33. The summed E-state index contributed by atoms with van der Waals surface area (Å²) in [6.45, 7) is 2.82. The van der Waals surface area contributed by atoms with Gasteiger partial charge in [0, 0.05) is 17.8 Å². The van der Waals surface area contributed by atoms with E-state index < -0.39 is 0 Å². The Morgan fingerprint density at radius 2 is 1.94 bits per heavy atom. The number of hydrogen-bond acceptors (Lipinski definition) is 3. The molecule has 1 aliphatic heterocycles. The molecule has 5 rings (SSSR count). The molecule has 0 saturated heterocycles. The Balaban J connectivity index is 1.31. The Bertz CT molecular complexity index is 1150. The van der Waals surface area contributed by atoms with Crippen LogP contribution in [0.4, 0.5) is 11.4 Å². The van der Waals surface area contributed by atoms with Crippen molar-refractivity contribution >= 4 is 33.5 Å². The number of anilines is 1.